The summed E-state index contributed by atoms with van der Waals surface area (Å²) in [6, 6.07) is 9.53. The third kappa shape index (κ3) is 3.25. The Morgan fingerprint density at radius 2 is 1.68 bits per heavy atom. The number of rotatable bonds is 4. The molecule has 0 saturated heterocycles. The number of esters is 1. The maximum Gasteiger partial charge on any atom is 0.345 e. The minimum Gasteiger partial charge on any atom is -0.497 e. The van der Waals surface area contributed by atoms with Crippen LogP contribution in [-0.4, -0.2) is 26.1 Å². The van der Waals surface area contributed by atoms with Gasteiger partial charge in [-0.05, 0) is 30.3 Å². The SMILES string of the molecule is C=C1Oc2cc(OC)cc(C(=O)Oc3ccc(OC)cc3)c2NC1=O. The number of amides is 1. The maximum absolute atomic E-state index is 12.6. The lowest BCUT2D eigenvalue weighted by Crippen LogP contribution is -2.25. The summed E-state index contributed by atoms with van der Waals surface area (Å²) in [5.74, 6) is 0.325. The van der Waals surface area contributed by atoms with Gasteiger partial charge >= 0.3 is 5.97 Å². The van der Waals surface area contributed by atoms with Gasteiger partial charge in [-0.15, -0.1) is 0 Å². The summed E-state index contributed by atoms with van der Waals surface area (Å²) in [5, 5.41) is 2.57. The summed E-state index contributed by atoms with van der Waals surface area (Å²) in [5.41, 5.74) is 0.308. The summed E-state index contributed by atoms with van der Waals surface area (Å²) in [4.78, 5) is 24.3. The summed E-state index contributed by atoms with van der Waals surface area (Å²) < 4.78 is 20.9. The molecule has 1 heterocycles. The fourth-order valence-corrected chi connectivity index (χ4v) is 2.25. The highest BCUT2D eigenvalue weighted by atomic mass is 16.5. The minimum absolute atomic E-state index is 0.0739. The Morgan fingerprint density at radius 1 is 1.04 bits per heavy atom. The lowest BCUT2D eigenvalue weighted by atomic mass is 10.1. The average Bonchev–Trinajstić information content (AvgIpc) is 2.62. The number of carbonyl (C=O) groups is 2. The van der Waals surface area contributed by atoms with Gasteiger partial charge in [-0.2, -0.15) is 0 Å². The lowest BCUT2D eigenvalue weighted by Gasteiger charge is -2.22. The summed E-state index contributed by atoms with van der Waals surface area (Å²) >= 11 is 0. The molecule has 7 heteroatoms. The Hall–Kier alpha value is -3.48. The number of methoxy groups -OCH3 is 2. The van der Waals surface area contributed by atoms with Gasteiger partial charge in [0.1, 0.15) is 17.2 Å². The zero-order valence-corrected chi connectivity index (χ0v) is 13.6. The van der Waals surface area contributed by atoms with Crippen molar-refractivity contribution in [3.8, 4) is 23.0 Å². The highest BCUT2D eigenvalue weighted by Gasteiger charge is 2.27. The molecule has 0 atom stereocenters. The smallest absolute Gasteiger partial charge is 0.345 e. The van der Waals surface area contributed by atoms with Gasteiger partial charge in [0.05, 0.1) is 25.5 Å². The summed E-state index contributed by atoms with van der Waals surface area (Å²) in [7, 11) is 3.00. The molecule has 25 heavy (non-hydrogen) atoms. The van der Waals surface area contributed by atoms with E-state index in [9.17, 15) is 9.59 Å². The number of hydrogen-bond acceptors (Lipinski definition) is 6. The van der Waals surface area contributed by atoms with Crippen molar-refractivity contribution in [2.24, 2.45) is 0 Å². The molecule has 1 N–H and O–H groups in total. The van der Waals surface area contributed by atoms with Crippen LogP contribution in [0.4, 0.5) is 5.69 Å². The molecule has 3 rings (SSSR count). The van der Waals surface area contributed by atoms with E-state index < -0.39 is 11.9 Å². The zero-order chi connectivity index (χ0) is 18.0. The number of anilines is 1. The van der Waals surface area contributed by atoms with Crippen molar-refractivity contribution in [2.75, 3.05) is 19.5 Å². The molecule has 0 unspecified atom stereocenters. The third-order valence-electron chi connectivity index (χ3n) is 3.53. The van der Waals surface area contributed by atoms with Gasteiger partial charge in [0, 0.05) is 6.07 Å². The van der Waals surface area contributed by atoms with Gasteiger partial charge in [-0.25, -0.2) is 4.79 Å². The van der Waals surface area contributed by atoms with Crippen LogP contribution < -0.4 is 24.3 Å². The minimum atomic E-state index is -0.670. The predicted molar refractivity (Wildman–Crippen MR) is 89.3 cm³/mol. The van der Waals surface area contributed by atoms with Gasteiger partial charge in [0.25, 0.3) is 5.91 Å². The quantitative estimate of drug-likeness (QED) is 0.523. The first kappa shape index (κ1) is 16.4. The largest absolute Gasteiger partial charge is 0.497 e. The molecule has 1 amide bonds. The molecule has 2 aromatic carbocycles. The molecular formula is C18H15NO6. The molecule has 0 aromatic heterocycles. The van der Waals surface area contributed by atoms with E-state index in [1.807, 2.05) is 0 Å². The second-order valence-corrected chi connectivity index (χ2v) is 5.09. The van der Waals surface area contributed by atoms with E-state index in [0.717, 1.165) is 0 Å². The molecule has 7 nitrogen and oxygen atoms in total. The molecule has 2 aromatic rings. The lowest BCUT2D eigenvalue weighted by molar-refractivity contribution is -0.115. The molecule has 1 aliphatic heterocycles. The van der Waals surface area contributed by atoms with Crippen molar-refractivity contribution in [3.05, 3.63) is 54.3 Å². The Kier molecular flexibility index (Phi) is 4.30. The monoisotopic (exact) mass is 341 g/mol. The van der Waals surface area contributed by atoms with E-state index in [0.29, 0.717) is 17.2 Å². The van der Waals surface area contributed by atoms with Crippen LogP contribution in [0, 0.1) is 0 Å². The second kappa shape index (κ2) is 6.56. The summed E-state index contributed by atoms with van der Waals surface area (Å²) in [6.45, 7) is 3.51. The Morgan fingerprint density at radius 3 is 2.32 bits per heavy atom. The third-order valence-corrected chi connectivity index (χ3v) is 3.53. The predicted octanol–water partition coefficient (Wildman–Crippen LogP) is 2.77. The molecule has 0 saturated carbocycles. The number of carbonyl (C=O) groups excluding carboxylic acids is 2. The van der Waals surface area contributed by atoms with Crippen molar-refractivity contribution < 1.29 is 28.5 Å². The van der Waals surface area contributed by atoms with Gasteiger partial charge in [-0.1, -0.05) is 6.58 Å². The van der Waals surface area contributed by atoms with Crippen LogP contribution in [0.15, 0.2) is 48.7 Å². The highest BCUT2D eigenvalue weighted by molar-refractivity contribution is 6.10. The number of ether oxygens (including phenoxy) is 4. The molecule has 0 spiro atoms. The van der Waals surface area contributed by atoms with Crippen LogP contribution in [0.5, 0.6) is 23.0 Å². The van der Waals surface area contributed by atoms with E-state index in [-0.39, 0.29) is 22.8 Å². The van der Waals surface area contributed by atoms with E-state index >= 15 is 0 Å². The first-order valence-corrected chi connectivity index (χ1v) is 7.28. The van der Waals surface area contributed by atoms with Crippen LogP contribution in [0.25, 0.3) is 0 Å². The van der Waals surface area contributed by atoms with Crippen LogP contribution in [0.3, 0.4) is 0 Å². The van der Waals surface area contributed by atoms with Crippen LogP contribution >= 0.6 is 0 Å². The Balaban J connectivity index is 1.94. The van der Waals surface area contributed by atoms with Crippen LogP contribution in [-0.2, 0) is 4.79 Å². The Labute approximate surface area is 143 Å². The first-order chi connectivity index (χ1) is 12.0. The average molecular weight is 341 g/mol. The topological polar surface area (TPSA) is 83.1 Å². The molecule has 0 bridgehead atoms. The van der Waals surface area contributed by atoms with Crippen molar-refractivity contribution in [1.82, 2.24) is 0 Å². The van der Waals surface area contributed by atoms with E-state index in [1.54, 1.807) is 37.4 Å². The highest BCUT2D eigenvalue weighted by Crippen LogP contribution is 2.38. The maximum atomic E-state index is 12.6. The zero-order valence-electron chi connectivity index (χ0n) is 13.6. The van der Waals surface area contributed by atoms with Crippen molar-refractivity contribution >= 4 is 17.6 Å². The number of nitrogens with one attached hydrogen (secondary N) is 1. The number of fused-ring (bicyclic) bond motifs is 1. The summed E-state index contributed by atoms with van der Waals surface area (Å²) in [6.07, 6.45) is 0. The fourth-order valence-electron chi connectivity index (χ4n) is 2.25. The molecule has 0 radical (unpaired) electrons. The standard InChI is InChI=1S/C18H15NO6/c1-10-17(20)19-16-14(8-13(23-3)9-15(16)24-10)18(21)25-12-6-4-11(22-2)5-7-12/h4-9H,1H2,2-3H3,(H,19,20). The fraction of sp³-hybridized carbons (Fsp3) is 0.111. The van der Waals surface area contributed by atoms with Gasteiger partial charge in [-0.3, -0.25) is 4.79 Å². The Bertz CT molecular complexity index is 857. The van der Waals surface area contributed by atoms with Gasteiger partial charge < -0.3 is 24.3 Å². The normalized spacial score (nSPS) is 12.6. The first-order valence-electron chi connectivity index (χ1n) is 7.28. The van der Waals surface area contributed by atoms with E-state index in [2.05, 4.69) is 11.9 Å². The number of benzene rings is 2. The van der Waals surface area contributed by atoms with Crippen LogP contribution in [0.2, 0.25) is 0 Å². The second-order valence-electron chi connectivity index (χ2n) is 5.09. The van der Waals surface area contributed by atoms with Crippen LogP contribution in [0.1, 0.15) is 10.4 Å². The number of hydrogen-bond donors (Lipinski definition) is 1. The molecule has 0 aliphatic carbocycles. The molecule has 0 fully saturated rings. The van der Waals surface area contributed by atoms with Crippen molar-refractivity contribution in [2.45, 2.75) is 0 Å². The van der Waals surface area contributed by atoms with Gasteiger partial charge in [0.15, 0.2) is 11.5 Å². The van der Waals surface area contributed by atoms with Gasteiger partial charge in [0.2, 0.25) is 0 Å². The molecule has 1 aliphatic rings. The molecule has 128 valence electrons. The van der Waals surface area contributed by atoms with Crippen molar-refractivity contribution in [3.63, 3.8) is 0 Å². The van der Waals surface area contributed by atoms with E-state index in [4.69, 9.17) is 18.9 Å². The van der Waals surface area contributed by atoms with Crippen molar-refractivity contribution in [1.29, 1.82) is 0 Å². The molecular weight excluding hydrogens is 326 g/mol. The van der Waals surface area contributed by atoms with E-state index in [1.165, 1.54) is 13.2 Å².